The first-order valence-corrected chi connectivity index (χ1v) is 11.0. The summed E-state index contributed by atoms with van der Waals surface area (Å²) in [5.74, 6) is 0.779. The van der Waals surface area contributed by atoms with Crippen molar-refractivity contribution in [1.29, 1.82) is 0 Å². The molecule has 5 rings (SSSR count). The Kier molecular flexibility index (Phi) is 5.47. The van der Waals surface area contributed by atoms with E-state index in [1.807, 2.05) is 48.5 Å². The van der Waals surface area contributed by atoms with E-state index in [-0.39, 0.29) is 11.8 Å². The van der Waals surface area contributed by atoms with Crippen LogP contribution >= 0.6 is 11.6 Å². The predicted octanol–water partition coefficient (Wildman–Crippen LogP) is 4.60. The van der Waals surface area contributed by atoms with E-state index in [9.17, 15) is 4.79 Å². The number of fused-ring (bicyclic) bond motifs is 3. The second-order valence-electron chi connectivity index (χ2n) is 7.93. The summed E-state index contributed by atoms with van der Waals surface area (Å²) >= 11 is 5.93. The molecule has 1 unspecified atom stereocenters. The highest BCUT2D eigenvalue weighted by atomic mass is 35.5. The fraction of sp³-hybridized carbons (Fsp3) is 0.292. The van der Waals surface area contributed by atoms with Crippen LogP contribution in [0, 0.1) is 5.92 Å². The highest BCUT2D eigenvalue weighted by molar-refractivity contribution is 6.30. The summed E-state index contributed by atoms with van der Waals surface area (Å²) in [6.07, 6.45) is 4.17. The summed E-state index contributed by atoms with van der Waals surface area (Å²) in [5, 5.41) is 4.79. The van der Waals surface area contributed by atoms with Gasteiger partial charge in [0, 0.05) is 30.0 Å². The monoisotopic (exact) mass is 434 g/mol. The first-order valence-electron chi connectivity index (χ1n) is 10.6. The summed E-state index contributed by atoms with van der Waals surface area (Å²) in [6.45, 7) is 2.08. The molecule has 1 amide bonds. The van der Waals surface area contributed by atoms with Crippen molar-refractivity contribution in [2.45, 2.75) is 19.3 Å². The van der Waals surface area contributed by atoms with E-state index in [0.717, 1.165) is 58.7 Å². The third-order valence-electron chi connectivity index (χ3n) is 5.86. The first-order chi connectivity index (χ1) is 15.2. The number of aromatic nitrogens is 2. The molecule has 158 valence electrons. The normalized spacial score (nSPS) is 16.7. The number of furan rings is 1. The van der Waals surface area contributed by atoms with Gasteiger partial charge in [-0.25, -0.2) is 9.97 Å². The maximum absolute atomic E-state index is 12.8. The molecule has 4 aromatic rings. The Bertz CT molecular complexity index is 1220. The number of benzene rings is 2. The molecule has 2 aromatic heterocycles. The summed E-state index contributed by atoms with van der Waals surface area (Å²) in [7, 11) is 0. The van der Waals surface area contributed by atoms with Crippen LogP contribution in [-0.4, -0.2) is 35.5 Å². The fourth-order valence-corrected chi connectivity index (χ4v) is 4.37. The SMILES string of the molecule is O=C(NCCc1ccc(Cl)cc1)C1CCCN(c2ncnc3c2oc2ccccc23)C1. The van der Waals surface area contributed by atoms with Gasteiger partial charge in [0.1, 0.15) is 17.4 Å². The van der Waals surface area contributed by atoms with Crippen molar-refractivity contribution in [3.05, 3.63) is 65.4 Å². The van der Waals surface area contributed by atoms with Gasteiger partial charge in [0.2, 0.25) is 5.91 Å². The van der Waals surface area contributed by atoms with Crippen molar-refractivity contribution in [3.8, 4) is 0 Å². The molecule has 0 radical (unpaired) electrons. The van der Waals surface area contributed by atoms with E-state index in [1.54, 1.807) is 6.33 Å². The van der Waals surface area contributed by atoms with E-state index in [0.29, 0.717) is 18.7 Å². The van der Waals surface area contributed by atoms with Crippen LogP contribution in [0.4, 0.5) is 5.82 Å². The van der Waals surface area contributed by atoms with Crippen molar-refractivity contribution in [2.75, 3.05) is 24.5 Å². The van der Waals surface area contributed by atoms with Crippen LogP contribution in [0.3, 0.4) is 0 Å². The molecule has 1 fully saturated rings. The number of hydrogen-bond donors (Lipinski definition) is 1. The van der Waals surface area contributed by atoms with Crippen LogP contribution in [0.15, 0.2) is 59.3 Å². The number of rotatable bonds is 5. The lowest BCUT2D eigenvalue weighted by molar-refractivity contribution is -0.125. The standard InChI is InChI=1S/C24H23ClN4O2/c25-18-9-7-16(8-10-18)11-12-26-24(30)17-4-3-13-29(14-17)23-22-21(27-15-28-23)19-5-1-2-6-20(19)31-22/h1-2,5-10,15,17H,3-4,11-14H2,(H,26,30). The van der Waals surface area contributed by atoms with Crippen LogP contribution in [0.25, 0.3) is 22.1 Å². The van der Waals surface area contributed by atoms with Crippen LogP contribution in [0.5, 0.6) is 0 Å². The number of hydrogen-bond acceptors (Lipinski definition) is 5. The largest absolute Gasteiger partial charge is 0.450 e. The van der Waals surface area contributed by atoms with E-state index < -0.39 is 0 Å². The molecule has 1 atom stereocenters. The Labute approximate surface area is 185 Å². The van der Waals surface area contributed by atoms with Crippen LogP contribution in [-0.2, 0) is 11.2 Å². The average molecular weight is 435 g/mol. The molecule has 3 heterocycles. The van der Waals surface area contributed by atoms with Crippen molar-refractivity contribution < 1.29 is 9.21 Å². The van der Waals surface area contributed by atoms with Gasteiger partial charge in [-0.15, -0.1) is 0 Å². The second kappa shape index (κ2) is 8.55. The Morgan fingerprint density at radius 3 is 2.87 bits per heavy atom. The maximum atomic E-state index is 12.8. The minimum Gasteiger partial charge on any atom is -0.450 e. The lowest BCUT2D eigenvalue weighted by Crippen LogP contribution is -2.43. The number of carbonyl (C=O) groups is 1. The number of amides is 1. The van der Waals surface area contributed by atoms with Crippen molar-refractivity contribution >= 4 is 45.4 Å². The van der Waals surface area contributed by atoms with Gasteiger partial charge < -0.3 is 14.6 Å². The van der Waals surface area contributed by atoms with E-state index in [2.05, 4.69) is 20.2 Å². The minimum absolute atomic E-state index is 0.0756. The zero-order chi connectivity index (χ0) is 21.2. The zero-order valence-corrected chi connectivity index (χ0v) is 17.8. The number of para-hydroxylation sites is 1. The molecule has 0 saturated carbocycles. The van der Waals surface area contributed by atoms with Crippen molar-refractivity contribution in [1.82, 2.24) is 15.3 Å². The maximum Gasteiger partial charge on any atom is 0.224 e. The number of anilines is 1. The topological polar surface area (TPSA) is 71.3 Å². The van der Waals surface area contributed by atoms with Gasteiger partial charge in [-0.2, -0.15) is 0 Å². The van der Waals surface area contributed by atoms with Crippen LogP contribution in [0.1, 0.15) is 18.4 Å². The van der Waals surface area contributed by atoms with Gasteiger partial charge in [0.05, 0.1) is 5.92 Å². The second-order valence-corrected chi connectivity index (χ2v) is 8.36. The molecule has 31 heavy (non-hydrogen) atoms. The minimum atomic E-state index is -0.0756. The predicted molar refractivity (Wildman–Crippen MR) is 122 cm³/mol. The third kappa shape index (κ3) is 4.08. The zero-order valence-electron chi connectivity index (χ0n) is 17.1. The number of carbonyl (C=O) groups excluding carboxylic acids is 1. The lowest BCUT2D eigenvalue weighted by atomic mass is 9.97. The number of nitrogens with one attached hydrogen (secondary N) is 1. The number of halogens is 1. The molecule has 0 spiro atoms. The molecule has 1 aliphatic rings. The Hall–Kier alpha value is -3.12. The molecular weight excluding hydrogens is 412 g/mol. The summed E-state index contributed by atoms with van der Waals surface area (Å²) in [5.41, 5.74) is 3.46. The number of piperidine rings is 1. The lowest BCUT2D eigenvalue weighted by Gasteiger charge is -2.32. The highest BCUT2D eigenvalue weighted by Gasteiger charge is 2.28. The van der Waals surface area contributed by atoms with E-state index in [4.69, 9.17) is 16.0 Å². The highest BCUT2D eigenvalue weighted by Crippen LogP contribution is 2.33. The van der Waals surface area contributed by atoms with Crippen molar-refractivity contribution in [2.24, 2.45) is 5.92 Å². The average Bonchev–Trinajstić information content (AvgIpc) is 3.19. The molecule has 7 heteroatoms. The van der Waals surface area contributed by atoms with E-state index in [1.165, 1.54) is 0 Å². The Morgan fingerprint density at radius 2 is 2.00 bits per heavy atom. The molecule has 1 saturated heterocycles. The van der Waals surface area contributed by atoms with Gasteiger partial charge in [-0.3, -0.25) is 4.79 Å². The smallest absolute Gasteiger partial charge is 0.224 e. The molecule has 1 aliphatic heterocycles. The molecule has 1 N–H and O–H groups in total. The first kappa shape index (κ1) is 19.8. The summed E-state index contributed by atoms with van der Waals surface area (Å²) < 4.78 is 6.08. The van der Waals surface area contributed by atoms with Gasteiger partial charge in [0.25, 0.3) is 0 Å². The summed E-state index contributed by atoms with van der Waals surface area (Å²) in [6, 6.07) is 15.6. The number of nitrogens with zero attached hydrogens (tertiary/aromatic N) is 3. The van der Waals surface area contributed by atoms with Crippen molar-refractivity contribution in [3.63, 3.8) is 0 Å². The summed E-state index contributed by atoms with van der Waals surface area (Å²) in [4.78, 5) is 23.9. The fourth-order valence-electron chi connectivity index (χ4n) is 4.25. The van der Waals surface area contributed by atoms with Gasteiger partial charge in [0.15, 0.2) is 11.4 Å². The van der Waals surface area contributed by atoms with Gasteiger partial charge >= 0.3 is 0 Å². The third-order valence-corrected chi connectivity index (χ3v) is 6.11. The quantitative estimate of drug-likeness (QED) is 0.496. The Balaban J connectivity index is 1.28. The Morgan fingerprint density at radius 1 is 1.16 bits per heavy atom. The van der Waals surface area contributed by atoms with Gasteiger partial charge in [-0.1, -0.05) is 35.9 Å². The molecular formula is C24H23ClN4O2. The molecule has 0 aliphatic carbocycles. The van der Waals surface area contributed by atoms with E-state index >= 15 is 0 Å². The van der Waals surface area contributed by atoms with Crippen LogP contribution in [0.2, 0.25) is 5.02 Å². The van der Waals surface area contributed by atoms with Crippen LogP contribution < -0.4 is 10.2 Å². The molecule has 0 bridgehead atoms. The molecule has 6 nitrogen and oxygen atoms in total. The van der Waals surface area contributed by atoms with Gasteiger partial charge in [-0.05, 0) is 49.1 Å². The molecule has 2 aromatic carbocycles.